The van der Waals surface area contributed by atoms with Gasteiger partial charge in [-0.05, 0) is 31.9 Å². The van der Waals surface area contributed by atoms with Crippen LogP contribution in [0.3, 0.4) is 0 Å². The van der Waals surface area contributed by atoms with Crippen LogP contribution < -0.4 is 11.2 Å². The number of carbonyl (C=O) groups excluding carboxylic acids is 1. The monoisotopic (exact) mass is 527 g/mol. The highest BCUT2D eigenvalue weighted by Crippen LogP contribution is 2.42. The molecule has 1 atom stereocenters. The lowest BCUT2D eigenvalue weighted by molar-refractivity contribution is -0.757. The number of fused-ring (bicyclic) bond motifs is 1. The summed E-state index contributed by atoms with van der Waals surface area (Å²) >= 11 is 1.92. The number of thiophene rings is 1. The Morgan fingerprint density at radius 3 is 2.79 bits per heavy atom. The van der Waals surface area contributed by atoms with E-state index in [1.165, 1.54) is 4.31 Å². The predicted octanol–water partition coefficient (Wildman–Crippen LogP) is 1.75. The van der Waals surface area contributed by atoms with Gasteiger partial charge < -0.3 is 19.6 Å². The van der Waals surface area contributed by atoms with E-state index in [-0.39, 0.29) is 23.5 Å². The van der Waals surface area contributed by atoms with Crippen molar-refractivity contribution in [3.8, 4) is 0 Å². The van der Waals surface area contributed by atoms with Crippen LogP contribution in [0.5, 0.6) is 0 Å². The van der Waals surface area contributed by atoms with E-state index in [0.717, 1.165) is 27.7 Å². The van der Waals surface area contributed by atoms with Gasteiger partial charge in [0.1, 0.15) is 4.21 Å². The average molecular weight is 528 g/mol. The van der Waals surface area contributed by atoms with Gasteiger partial charge >= 0.3 is 6.09 Å². The number of amides is 1. The quantitative estimate of drug-likeness (QED) is 0.0903. The smallest absolute Gasteiger partial charge is 0.434 e. The number of nitrogens with zero attached hydrogens (tertiary/aromatic N) is 3. The molecular weight excluding hydrogens is 498 g/mol. The molecule has 0 fully saturated rings. The number of hydrazine groups is 1. The van der Waals surface area contributed by atoms with Crippen molar-refractivity contribution >= 4 is 39.4 Å². The highest BCUT2D eigenvalue weighted by Gasteiger charge is 2.38. The number of sulfonamides is 1. The van der Waals surface area contributed by atoms with Crippen molar-refractivity contribution in [2.24, 2.45) is 5.84 Å². The Labute approximate surface area is 200 Å². The van der Waals surface area contributed by atoms with E-state index in [1.54, 1.807) is 13.2 Å². The molecule has 0 saturated carbocycles. The van der Waals surface area contributed by atoms with Crippen LogP contribution in [0.25, 0.3) is 0 Å². The fourth-order valence-corrected chi connectivity index (χ4v) is 7.53. The van der Waals surface area contributed by atoms with E-state index in [1.807, 2.05) is 6.92 Å². The summed E-state index contributed by atoms with van der Waals surface area (Å²) in [5.41, 5.74) is 0.653. The largest absolute Gasteiger partial charge is 0.448 e. The molecule has 1 aromatic rings. The SMILES string of the molecule is CCN[C@H]1CN(CCCOC)S(=O)(=O)c2sc(SN(N)C(=O)OCCCCO[N+](=O)[O-])cc21. The van der Waals surface area contributed by atoms with Gasteiger partial charge in [0.05, 0.1) is 17.4 Å². The molecule has 3 N–H and O–H groups in total. The number of hydrogen-bond acceptors (Lipinski definition) is 12. The molecule has 0 unspecified atom stereocenters. The minimum Gasteiger partial charge on any atom is -0.448 e. The Hall–Kier alpha value is -1.69. The molecule has 13 nitrogen and oxygen atoms in total. The van der Waals surface area contributed by atoms with Gasteiger partial charge in [-0.2, -0.15) is 8.72 Å². The molecule has 2 rings (SSSR count). The number of rotatable bonds is 14. The van der Waals surface area contributed by atoms with Crippen LogP contribution >= 0.6 is 23.3 Å². The van der Waals surface area contributed by atoms with Crippen LogP contribution in [-0.4, -0.2) is 74.9 Å². The van der Waals surface area contributed by atoms with Gasteiger partial charge in [-0.1, -0.05) is 6.92 Å². The second-order valence-electron chi connectivity index (χ2n) is 6.92. The van der Waals surface area contributed by atoms with Crippen LogP contribution in [0, 0.1) is 10.1 Å². The Morgan fingerprint density at radius 2 is 2.12 bits per heavy atom. The number of carbonyl (C=O) groups is 1. The van der Waals surface area contributed by atoms with Crippen LogP contribution in [0.2, 0.25) is 0 Å². The van der Waals surface area contributed by atoms with Gasteiger partial charge in [-0.3, -0.25) is 0 Å². The third-order valence-electron chi connectivity index (χ3n) is 4.57. The summed E-state index contributed by atoms with van der Waals surface area (Å²) in [6.07, 6.45) is 0.479. The van der Waals surface area contributed by atoms with Gasteiger partial charge in [-0.25, -0.2) is 19.1 Å². The predicted molar refractivity (Wildman–Crippen MR) is 121 cm³/mol. The van der Waals surface area contributed by atoms with Crippen molar-refractivity contribution < 1.29 is 32.6 Å². The van der Waals surface area contributed by atoms with E-state index < -0.39 is 21.2 Å². The fourth-order valence-electron chi connectivity index (χ4n) is 3.09. The summed E-state index contributed by atoms with van der Waals surface area (Å²) < 4.78 is 39.3. The number of nitrogens with two attached hydrogens (primary N) is 1. The Bertz CT molecular complexity index is 897. The number of hydrogen-bond donors (Lipinski definition) is 2. The van der Waals surface area contributed by atoms with Gasteiger partial charge in [0, 0.05) is 50.4 Å². The summed E-state index contributed by atoms with van der Waals surface area (Å²) in [4.78, 5) is 26.3. The van der Waals surface area contributed by atoms with Crippen molar-refractivity contribution in [3.63, 3.8) is 0 Å². The zero-order chi connectivity index (χ0) is 24.4. The molecule has 33 heavy (non-hydrogen) atoms. The van der Waals surface area contributed by atoms with E-state index in [2.05, 4.69) is 10.2 Å². The van der Waals surface area contributed by atoms with E-state index >= 15 is 0 Å². The second kappa shape index (κ2) is 13.3. The molecule has 2 heterocycles. The van der Waals surface area contributed by atoms with Crippen LogP contribution in [0.1, 0.15) is 37.8 Å². The summed E-state index contributed by atoms with van der Waals surface area (Å²) in [6.45, 7) is 3.65. The zero-order valence-corrected chi connectivity index (χ0v) is 20.9. The molecule has 0 aromatic carbocycles. The van der Waals surface area contributed by atoms with Gasteiger partial charge in [0.25, 0.3) is 15.1 Å². The summed E-state index contributed by atoms with van der Waals surface area (Å²) in [6, 6.07) is 1.55. The highest BCUT2D eigenvalue weighted by molar-refractivity contribution is 8.00. The Balaban J connectivity index is 2.00. The minimum atomic E-state index is -3.67. The first kappa shape index (κ1) is 27.6. The molecule has 0 aliphatic carbocycles. The molecule has 16 heteroatoms. The standard InChI is InChI=1S/C17H29N5O8S3/c1-3-19-14-12-20(7-6-8-28-2)33(26,27)16-13(14)11-15(31-16)32-21(18)17(23)29-9-4-5-10-30-22(24)25/h11,14,19H,3-10,12,18H2,1-2H3/t14-/m0/s1. The van der Waals surface area contributed by atoms with Crippen LogP contribution in [0.15, 0.2) is 14.5 Å². The zero-order valence-electron chi connectivity index (χ0n) is 18.4. The number of nitrogens with one attached hydrogen (secondary N) is 1. The second-order valence-corrected chi connectivity index (χ2v) is 11.4. The third kappa shape index (κ3) is 7.94. The maximum atomic E-state index is 13.1. The third-order valence-corrected chi connectivity index (χ3v) is 9.03. The summed E-state index contributed by atoms with van der Waals surface area (Å²) in [5.74, 6) is 5.78. The summed E-state index contributed by atoms with van der Waals surface area (Å²) in [7, 11) is -2.10. The molecule has 1 aliphatic rings. The number of ether oxygens (including phenoxy) is 2. The van der Waals surface area contributed by atoms with Crippen LogP contribution in [0.4, 0.5) is 4.79 Å². The van der Waals surface area contributed by atoms with Gasteiger partial charge in [0.15, 0.2) is 0 Å². The molecule has 0 radical (unpaired) electrons. The molecule has 1 amide bonds. The Morgan fingerprint density at radius 1 is 1.39 bits per heavy atom. The van der Waals surface area contributed by atoms with Crippen molar-refractivity contribution in [2.75, 3.05) is 46.6 Å². The van der Waals surface area contributed by atoms with E-state index in [0.29, 0.717) is 55.3 Å². The van der Waals surface area contributed by atoms with Crippen LogP contribution in [-0.2, 0) is 24.3 Å². The number of methoxy groups -OCH3 is 1. The van der Waals surface area contributed by atoms with Gasteiger partial charge in [-0.15, -0.1) is 21.5 Å². The lowest BCUT2D eigenvalue weighted by Gasteiger charge is -2.32. The van der Waals surface area contributed by atoms with E-state index in [4.69, 9.17) is 15.3 Å². The Kier molecular flexibility index (Phi) is 11.1. The lowest BCUT2D eigenvalue weighted by atomic mass is 10.1. The number of likely N-dealkylation sites (N-methyl/N-ethyl adjacent to an activating group) is 1. The maximum Gasteiger partial charge on any atom is 0.434 e. The minimum absolute atomic E-state index is 0.0163. The first-order chi connectivity index (χ1) is 15.7. The van der Waals surface area contributed by atoms with E-state index in [9.17, 15) is 23.3 Å². The number of unbranched alkanes of at least 4 members (excludes halogenated alkanes) is 1. The topological polar surface area (TPSA) is 167 Å². The molecule has 1 aliphatic heterocycles. The highest BCUT2D eigenvalue weighted by atomic mass is 32.3. The molecule has 1 aromatic heterocycles. The van der Waals surface area contributed by atoms with Crippen molar-refractivity contribution in [3.05, 3.63) is 21.7 Å². The van der Waals surface area contributed by atoms with Gasteiger partial charge in [0.2, 0.25) is 0 Å². The lowest BCUT2D eigenvalue weighted by Crippen LogP contribution is -2.43. The molecule has 0 spiro atoms. The molecule has 0 bridgehead atoms. The summed E-state index contributed by atoms with van der Waals surface area (Å²) in [5, 5.41) is 12.5. The first-order valence-electron chi connectivity index (χ1n) is 10.2. The normalized spacial score (nSPS) is 17.4. The average Bonchev–Trinajstić information content (AvgIpc) is 3.18. The molecule has 0 saturated heterocycles. The van der Waals surface area contributed by atoms with Crippen molar-refractivity contribution in [1.29, 1.82) is 0 Å². The maximum absolute atomic E-state index is 13.1. The fraction of sp³-hybridized carbons (Fsp3) is 0.706. The molecule has 188 valence electrons. The first-order valence-corrected chi connectivity index (χ1v) is 13.3. The van der Waals surface area contributed by atoms with Crippen molar-refractivity contribution in [2.45, 2.75) is 40.6 Å². The van der Waals surface area contributed by atoms with Crippen molar-refractivity contribution in [1.82, 2.24) is 14.0 Å². The molecular formula is C17H29N5O8S3.